The van der Waals surface area contributed by atoms with Gasteiger partial charge in [-0.15, -0.1) is 0 Å². The molecule has 0 saturated heterocycles. The highest BCUT2D eigenvalue weighted by atomic mass is 15.0. The lowest BCUT2D eigenvalue weighted by molar-refractivity contribution is 0.820. The van der Waals surface area contributed by atoms with Crippen molar-refractivity contribution in [3.05, 3.63) is 24.7 Å². The molecule has 1 rings (SSSR count). The van der Waals surface area contributed by atoms with Crippen molar-refractivity contribution in [1.82, 2.24) is 15.3 Å². The Morgan fingerprint density at radius 2 is 2.40 bits per heavy atom. The summed E-state index contributed by atoms with van der Waals surface area (Å²) < 4.78 is 0. The third kappa shape index (κ3) is 3.38. The standard InChI is InChI=1S/C10H15N5/c1-3-4-12-8(2)9-5-14-10(6-13-9)15-7-11/h5-7,12H,2-4H2,1H3,(H2,11,14,15). The van der Waals surface area contributed by atoms with Crippen molar-refractivity contribution < 1.29 is 0 Å². The van der Waals surface area contributed by atoms with Crippen LogP contribution in [-0.4, -0.2) is 22.9 Å². The smallest absolute Gasteiger partial charge is 0.172 e. The number of rotatable bonds is 5. The molecular formula is C10H15N5. The molecular weight excluding hydrogens is 190 g/mol. The maximum Gasteiger partial charge on any atom is 0.172 e. The monoisotopic (exact) mass is 205 g/mol. The molecule has 1 aromatic rings. The van der Waals surface area contributed by atoms with E-state index in [4.69, 9.17) is 5.73 Å². The second-order valence-electron chi connectivity index (χ2n) is 2.94. The van der Waals surface area contributed by atoms with Gasteiger partial charge in [-0.1, -0.05) is 13.5 Å². The van der Waals surface area contributed by atoms with E-state index in [9.17, 15) is 0 Å². The Bertz CT molecular complexity index is 341. The van der Waals surface area contributed by atoms with Crippen molar-refractivity contribution in [1.29, 1.82) is 0 Å². The van der Waals surface area contributed by atoms with Gasteiger partial charge in [0, 0.05) is 6.54 Å². The summed E-state index contributed by atoms with van der Waals surface area (Å²) in [5.74, 6) is 0.490. The molecule has 3 N–H and O–H groups in total. The fourth-order valence-corrected chi connectivity index (χ4v) is 0.987. The topological polar surface area (TPSA) is 76.2 Å². The van der Waals surface area contributed by atoms with Gasteiger partial charge in [-0.05, 0) is 6.42 Å². The molecule has 0 aliphatic rings. The fraction of sp³-hybridized carbons (Fsp3) is 0.300. The molecule has 5 heteroatoms. The van der Waals surface area contributed by atoms with Gasteiger partial charge in [0.2, 0.25) is 0 Å². The number of nitrogens with zero attached hydrogens (tertiary/aromatic N) is 3. The highest BCUT2D eigenvalue weighted by Gasteiger charge is 1.99. The van der Waals surface area contributed by atoms with E-state index in [0.717, 1.165) is 24.4 Å². The van der Waals surface area contributed by atoms with Crippen molar-refractivity contribution in [2.45, 2.75) is 13.3 Å². The molecule has 15 heavy (non-hydrogen) atoms. The molecule has 0 amide bonds. The SMILES string of the molecule is C=C(NCCC)c1cnc(N=CN)cn1. The fourth-order valence-electron chi connectivity index (χ4n) is 0.987. The van der Waals surface area contributed by atoms with Crippen LogP contribution in [0.15, 0.2) is 24.0 Å². The zero-order chi connectivity index (χ0) is 11.1. The Kier molecular flexibility index (Phi) is 4.28. The molecule has 0 spiro atoms. The molecule has 0 unspecified atom stereocenters. The van der Waals surface area contributed by atoms with E-state index in [1.807, 2.05) is 0 Å². The van der Waals surface area contributed by atoms with Crippen molar-refractivity contribution in [2.75, 3.05) is 6.54 Å². The molecule has 0 radical (unpaired) electrons. The molecule has 0 aliphatic carbocycles. The minimum Gasteiger partial charge on any atom is -0.390 e. The van der Waals surface area contributed by atoms with Gasteiger partial charge in [0.1, 0.15) is 5.69 Å². The summed E-state index contributed by atoms with van der Waals surface area (Å²) in [4.78, 5) is 12.0. The molecule has 5 nitrogen and oxygen atoms in total. The van der Waals surface area contributed by atoms with Crippen LogP contribution in [0, 0.1) is 0 Å². The predicted molar refractivity (Wildman–Crippen MR) is 61.7 cm³/mol. The Labute approximate surface area is 89.2 Å². The summed E-state index contributed by atoms with van der Waals surface area (Å²) in [6.07, 6.45) is 5.40. The van der Waals surface area contributed by atoms with Crippen LogP contribution in [0.5, 0.6) is 0 Å². The Morgan fingerprint density at radius 3 is 2.93 bits per heavy atom. The normalized spacial score (nSPS) is 10.5. The van der Waals surface area contributed by atoms with Crippen LogP contribution in [0.4, 0.5) is 5.82 Å². The van der Waals surface area contributed by atoms with Crippen LogP contribution in [0.2, 0.25) is 0 Å². The largest absolute Gasteiger partial charge is 0.390 e. The quantitative estimate of drug-likeness (QED) is 0.556. The summed E-state index contributed by atoms with van der Waals surface area (Å²) in [5, 5.41) is 3.14. The summed E-state index contributed by atoms with van der Waals surface area (Å²) in [7, 11) is 0. The zero-order valence-corrected chi connectivity index (χ0v) is 8.77. The Balaban J connectivity index is 2.66. The van der Waals surface area contributed by atoms with Gasteiger partial charge in [0.05, 0.1) is 24.4 Å². The molecule has 1 aromatic heterocycles. The van der Waals surface area contributed by atoms with Crippen LogP contribution >= 0.6 is 0 Å². The maximum absolute atomic E-state index is 5.13. The number of nitrogens with one attached hydrogen (secondary N) is 1. The van der Waals surface area contributed by atoms with Gasteiger partial charge < -0.3 is 11.1 Å². The van der Waals surface area contributed by atoms with E-state index in [0.29, 0.717) is 5.82 Å². The van der Waals surface area contributed by atoms with E-state index in [-0.39, 0.29) is 0 Å². The van der Waals surface area contributed by atoms with Gasteiger partial charge in [0.25, 0.3) is 0 Å². The van der Waals surface area contributed by atoms with Crippen LogP contribution in [-0.2, 0) is 0 Å². The zero-order valence-electron chi connectivity index (χ0n) is 8.77. The van der Waals surface area contributed by atoms with Crippen molar-refractivity contribution in [3.8, 4) is 0 Å². The number of hydrogen-bond acceptors (Lipinski definition) is 4. The summed E-state index contributed by atoms with van der Waals surface area (Å²) in [6.45, 7) is 6.83. The third-order valence-corrected chi connectivity index (χ3v) is 1.74. The van der Waals surface area contributed by atoms with Crippen LogP contribution in [0.1, 0.15) is 19.0 Å². The number of hydrogen-bond donors (Lipinski definition) is 2. The van der Waals surface area contributed by atoms with Gasteiger partial charge >= 0.3 is 0 Å². The van der Waals surface area contributed by atoms with Crippen molar-refractivity contribution in [2.24, 2.45) is 10.7 Å². The summed E-state index contributed by atoms with van der Waals surface area (Å²) >= 11 is 0. The molecule has 0 bridgehead atoms. The number of nitrogens with two attached hydrogens (primary N) is 1. The molecule has 0 saturated carbocycles. The summed E-state index contributed by atoms with van der Waals surface area (Å²) in [6, 6.07) is 0. The predicted octanol–water partition coefficient (Wildman–Crippen LogP) is 1.07. The van der Waals surface area contributed by atoms with Gasteiger partial charge in [-0.3, -0.25) is 0 Å². The minimum atomic E-state index is 0.490. The van der Waals surface area contributed by atoms with Crippen LogP contribution in [0.25, 0.3) is 5.70 Å². The Hall–Kier alpha value is -1.91. The molecule has 0 aromatic carbocycles. The van der Waals surface area contributed by atoms with Gasteiger partial charge in [-0.25, -0.2) is 15.0 Å². The lowest BCUT2D eigenvalue weighted by Gasteiger charge is -2.06. The maximum atomic E-state index is 5.13. The third-order valence-electron chi connectivity index (χ3n) is 1.74. The minimum absolute atomic E-state index is 0.490. The number of aromatic nitrogens is 2. The second kappa shape index (κ2) is 5.74. The van der Waals surface area contributed by atoms with Crippen molar-refractivity contribution >= 4 is 17.9 Å². The first-order chi connectivity index (χ1) is 7.27. The first-order valence-corrected chi connectivity index (χ1v) is 4.77. The Morgan fingerprint density at radius 1 is 1.60 bits per heavy atom. The highest BCUT2D eigenvalue weighted by molar-refractivity contribution is 5.59. The van der Waals surface area contributed by atoms with E-state index in [1.165, 1.54) is 6.34 Å². The molecule has 80 valence electrons. The first-order valence-electron chi connectivity index (χ1n) is 4.77. The summed E-state index contributed by atoms with van der Waals surface area (Å²) in [5.41, 5.74) is 6.63. The molecule has 0 aliphatic heterocycles. The van der Waals surface area contributed by atoms with E-state index >= 15 is 0 Å². The van der Waals surface area contributed by atoms with E-state index in [2.05, 4.69) is 33.8 Å². The van der Waals surface area contributed by atoms with Gasteiger partial charge in [0.15, 0.2) is 5.82 Å². The lowest BCUT2D eigenvalue weighted by Crippen LogP contribution is -2.12. The highest BCUT2D eigenvalue weighted by Crippen LogP contribution is 2.08. The van der Waals surface area contributed by atoms with Crippen LogP contribution < -0.4 is 11.1 Å². The lowest BCUT2D eigenvalue weighted by atomic mass is 10.3. The number of aliphatic imine (C=N–C) groups is 1. The average molecular weight is 205 g/mol. The molecule has 0 fully saturated rings. The van der Waals surface area contributed by atoms with E-state index < -0.39 is 0 Å². The second-order valence-corrected chi connectivity index (χ2v) is 2.94. The van der Waals surface area contributed by atoms with Crippen LogP contribution in [0.3, 0.4) is 0 Å². The molecule has 1 heterocycles. The molecule has 0 atom stereocenters. The average Bonchev–Trinajstić information content (AvgIpc) is 2.27. The van der Waals surface area contributed by atoms with Crippen molar-refractivity contribution in [3.63, 3.8) is 0 Å². The first kappa shape index (κ1) is 11.2. The van der Waals surface area contributed by atoms with Gasteiger partial charge in [-0.2, -0.15) is 0 Å². The van der Waals surface area contributed by atoms with E-state index in [1.54, 1.807) is 12.4 Å².